The minimum absolute atomic E-state index is 0.166. The van der Waals surface area contributed by atoms with Crippen LogP contribution in [0.3, 0.4) is 0 Å². The van der Waals surface area contributed by atoms with Gasteiger partial charge in [-0.1, -0.05) is 12.1 Å². The average molecular weight is 377 g/mol. The SMILES string of the molecule is N#CCCNC(=O)COC(=O)c1ccc(N2C(=O)c3ccccc3C2=O)cc1. The summed E-state index contributed by atoms with van der Waals surface area (Å²) in [7, 11) is 0. The van der Waals surface area contributed by atoms with Gasteiger partial charge < -0.3 is 10.1 Å². The van der Waals surface area contributed by atoms with Gasteiger partial charge in [-0.25, -0.2) is 9.69 Å². The van der Waals surface area contributed by atoms with Crippen molar-refractivity contribution < 1.29 is 23.9 Å². The summed E-state index contributed by atoms with van der Waals surface area (Å²) in [6, 6.07) is 14.2. The predicted octanol–water partition coefficient (Wildman–Crippen LogP) is 1.67. The molecule has 0 unspecified atom stereocenters. The first-order valence-corrected chi connectivity index (χ1v) is 8.41. The first kappa shape index (κ1) is 18.8. The molecule has 2 aromatic carbocycles. The van der Waals surface area contributed by atoms with Crippen LogP contribution in [0.1, 0.15) is 37.5 Å². The summed E-state index contributed by atoms with van der Waals surface area (Å²) >= 11 is 0. The molecule has 0 aromatic heterocycles. The second kappa shape index (κ2) is 8.14. The van der Waals surface area contributed by atoms with Gasteiger partial charge >= 0.3 is 5.97 Å². The van der Waals surface area contributed by atoms with E-state index in [0.717, 1.165) is 4.90 Å². The van der Waals surface area contributed by atoms with E-state index in [1.165, 1.54) is 24.3 Å². The highest BCUT2D eigenvalue weighted by Crippen LogP contribution is 2.28. The normalized spacial score (nSPS) is 12.3. The summed E-state index contributed by atoms with van der Waals surface area (Å²) in [4.78, 5) is 49.5. The van der Waals surface area contributed by atoms with E-state index in [9.17, 15) is 19.2 Å². The molecule has 3 rings (SSSR count). The molecule has 1 aliphatic rings. The zero-order valence-electron chi connectivity index (χ0n) is 14.7. The molecule has 1 aliphatic heterocycles. The monoisotopic (exact) mass is 377 g/mol. The van der Waals surface area contributed by atoms with Gasteiger partial charge in [0.1, 0.15) is 0 Å². The predicted molar refractivity (Wildman–Crippen MR) is 97.5 cm³/mol. The Balaban J connectivity index is 1.64. The van der Waals surface area contributed by atoms with E-state index in [2.05, 4.69) is 5.32 Å². The second-order valence-corrected chi connectivity index (χ2v) is 5.87. The number of carbonyl (C=O) groups is 4. The fourth-order valence-corrected chi connectivity index (χ4v) is 2.69. The van der Waals surface area contributed by atoms with Crippen molar-refractivity contribution in [2.75, 3.05) is 18.1 Å². The van der Waals surface area contributed by atoms with Crippen LogP contribution < -0.4 is 10.2 Å². The van der Waals surface area contributed by atoms with Crippen molar-refractivity contribution in [2.45, 2.75) is 6.42 Å². The highest BCUT2D eigenvalue weighted by molar-refractivity contribution is 6.34. The van der Waals surface area contributed by atoms with E-state index in [4.69, 9.17) is 10.00 Å². The lowest BCUT2D eigenvalue weighted by atomic mass is 10.1. The third-order valence-corrected chi connectivity index (χ3v) is 4.05. The highest BCUT2D eigenvalue weighted by Gasteiger charge is 2.36. The van der Waals surface area contributed by atoms with Crippen LogP contribution in [-0.4, -0.2) is 36.8 Å². The lowest BCUT2D eigenvalue weighted by Gasteiger charge is -2.14. The molecule has 8 heteroatoms. The maximum Gasteiger partial charge on any atom is 0.338 e. The molecule has 0 saturated carbocycles. The van der Waals surface area contributed by atoms with Gasteiger partial charge in [0.15, 0.2) is 6.61 Å². The van der Waals surface area contributed by atoms with Crippen molar-refractivity contribution >= 4 is 29.4 Å². The summed E-state index contributed by atoms with van der Waals surface area (Å²) in [5.74, 6) is -2.08. The Morgan fingerprint density at radius 3 is 2.18 bits per heavy atom. The van der Waals surface area contributed by atoms with Gasteiger partial charge in [0, 0.05) is 6.54 Å². The van der Waals surface area contributed by atoms with Gasteiger partial charge in [-0.2, -0.15) is 5.26 Å². The van der Waals surface area contributed by atoms with Crippen LogP contribution in [0.5, 0.6) is 0 Å². The molecule has 0 bridgehead atoms. The quantitative estimate of drug-likeness (QED) is 0.465. The average Bonchev–Trinajstić information content (AvgIpc) is 2.97. The van der Waals surface area contributed by atoms with Crippen molar-refractivity contribution in [1.82, 2.24) is 5.32 Å². The number of nitriles is 1. The van der Waals surface area contributed by atoms with Crippen molar-refractivity contribution in [3.8, 4) is 6.07 Å². The van der Waals surface area contributed by atoms with Gasteiger partial charge in [-0.15, -0.1) is 0 Å². The Kier molecular flexibility index (Phi) is 5.46. The fourth-order valence-electron chi connectivity index (χ4n) is 2.69. The van der Waals surface area contributed by atoms with E-state index in [1.807, 2.05) is 6.07 Å². The van der Waals surface area contributed by atoms with E-state index in [1.54, 1.807) is 24.3 Å². The third-order valence-electron chi connectivity index (χ3n) is 4.05. The van der Waals surface area contributed by atoms with E-state index < -0.39 is 30.3 Å². The summed E-state index contributed by atoms with van der Waals surface area (Å²) < 4.78 is 4.90. The number of amides is 3. The molecule has 140 valence electrons. The highest BCUT2D eigenvalue weighted by atomic mass is 16.5. The molecule has 1 heterocycles. The van der Waals surface area contributed by atoms with Crippen molar-refractivity contribution in [3.63, 3.8) is 0 Å². The smallest absolute Gasteiger partial charge is 0.338 e. The first-order chi connectivity index (χ1) is 13.5. The minimum Gasteiger partial charge on any atom is -0.452 e. The standard InChI is InChI=1S/C20H15N3O5/c21-10-3-11-22-17(24)12-28-20(27)13-6-8-14(9-7-13)23-18(25)15-4-1-2-5-16(15)19(23)26/h1-2,4-9H,3,11-12H2,(H,22,24). The fraction of sp³-hybridized carbons (Fsp3) is 0.150. The van der Waals surface area contributed by atoms with E-state index in [-0.39, 0.29) is 18.5 Å². The molecule has 0 atom stereocenters. The number of benzene rings is 2. The number of rotatable bonds is 6. The van der Waals surface area contributed by atoms with Gasteiger partial charge in [-0.05, 0) is 36.4 Å². The minimum atomic E-state index is -0.718. The van der Waals surface area contributed by atoms with Crippen LogP contribution in [0.2, 0.25) is 0 Å². The number of nitrogens with one attached hydrogen (secondary N) is 1. The lowest BCUT2D eigenvalue weighted by molar-refractivity contribution is -0.124. The van der Waals surface area contributed by atoms with Crippen LogP contribution in [-0.2, 0) is 9.53 Å². The Morgan fingerprint density at radius 2 is 1.61 bits per heavy atom. The number of fused-ring (bicyclic) bond motifs is 1. The number of hydrogen-bond donors (Lipinski definition) is 1. The number of carbonyl (C=O) groups excluding carboxylic acids is 4. The lowest BCUT2D eigenvalue weighted by Crippen LogP contribution is -2.30. The summed E-state index contributed by atoms with van der Waals surface area (Å²) in [6.45, 7) is -0.285. The summed E-state index contributed by atoms with van der Waals surface area (Å²) in [5.41, 5.74) is 1.17. The molecule has 0 fully saturated rings. The van der Waals surface area contributed by atoms with Crippen LogP contribution in [0.25, 0.3) is 0 Å². The van der Waals surface area contributed by atoms with Crippen molar-refractivity contribution in [2.24, 2.45) is 0 Å². The molecule has 0 radical (unpaired) electrons. The molecule has 0 spiro atoms. The van der Waals surface area contributed by atoms with Gasteiger partial charge in [0.25, 0.3) is 17.7 Å². The molecular weight excluding hydrogens is 362 g/mol. The molecule has 28 heavy (non-hydrogen) atoms. The molecule has 0 aliphatic carbocycles. The second-order valence-electron chi connectivity index (χ2n) is 5.87. The number of nitrogens with zero attached hydrogens (tertiary/aromatic N) is 2. The molecule has 8 nitrogen and oxygen atoms in total. The first-order valence-electron chi connectivity index (χ1n) is 8.41. The Bertz CT molecular complexity index is 957. The number of ether oxygens (including phenoxy) is 1. The zero-order valence-corrected chi connectivity index (χ0v) is 14.7. The van der Waals surface area contributed by atoms with Crippen molar-refractivity contribution in [1.29, 1.82) is 5.26 Å². The largest absolute Gasteiger partial charge is 0.452 e. The van der Waals surface area contributed by atoms with Gasteiger partial charge in [-0.3, -0.25) is 14.4 Å². The Labute approximate surface area is 160 Å². The summed E-state index contributed by atoms with van der Waals surface area (Å²) in [5, 5.41) is 10.8. The number of imide groups is 1. The molecule has 1 N–H and O–H groups in total. The van der Waals surface area contributed by atoms with Crippen molar-refractivity contribution in [3.05, 3.63) is 65.2 Å². The topological polar surface area (TPSA) is 117 Å². The van der Waals surface area contributed by atoms with Crippen LogP contribution in [0.4, 0.5) is 5.69 Å². The van der Waals surface area contributed by atoms with Gasteiger partial charge in [0.05, 0.1) is 34.9 Å². The third kappa shape index (κ3) is 3.73. The summed E-state index contributed by atoms with van der Waals surface area (Å²) in [6.07, 6.45) is 0.166. The van der Waals surface area contributed by atoms with Gasteiger partial charge in [0.2, 0.25) is 0 Å². The molecule has 0 saturated heterocycles. The molecular formula is C20H15N3O5. The molecule has 2 aromatic rings. The number of esters is 1. The Hall–Kier alpha value is -3.99. The maximum atomic E-state index is 12.5. The zero-order chi connectivity index (χ0) is 20.1. The van der Waals surface area contributed by atoms with Crippen LogP contribution in [0.15, 0.2) is 48.5 Å². The van der Waals surface area contributed by atoms with Crippen LogP contribution >= 0.6 is 0 Å². The van der Waals surface area contributed by atoms with E-state index >= 15 is 0 Å². The number of anilines is 1. The van der Waals surface area contributed by atoms with E-state index in [0.29, 0.717) is 16.8 Å². The Morgan fingerprint density at radius 1 is 1.00 bits per heavy atom. The molecule has 3 amide bonds. The maximum absolute atomic E-state index is 12.5. The van der Waals surface area contributed by atoms with Crippen LogP contribution in [0, 0.1) is 11.3 Å². The number of hydrogen-bond acceptors (Lipinski definition) is 6.